The number of hydrogen-bond donors (Lipinski definition) is 1. The molecule has 0 aromatic rings. The lowest BCUT2D eigenvalue weighted by molar-refractivity contribution is -0.0574. The third-order valence-electron chi connectivity index (χ3n) is 10.8. The van der Waals surface area contributed by atoms with Crippen LogP contribution < -0.4 is 0 Å². The van der Waals surface area contributed by atoms with Crippen LogP contribution in [0.4, 0.5) is 0 Å². The van der Waals surface area contributed by atoms with Crippen molar-refractivity contribution in [3.63, 3.8) is 0 Å². The average molecular weight is 404 g/mol. The molecule has 5 fully saturated rings. The Hall–Kier alpha value is -0.340. The van der Waals surface area contributed by atoms with Crippen LogP contribution in [0.1, 0.15) is 93.6 Å². The Morgan fingerprint density at radius 2 is 2.00 bits per heavy atom. The van der Waals surface area contributed by atoms with E-state index in [4.69, 9.17) is 8.22 Å². The molecule has 2 heteroatoms. The lowest BCUT2D eigenvalue weighted by Crippen LogP contribution is -2.51. The first-order valence-electron chi connectivity index (χ1n) is 15.3. The quantitative estimate of drug-likeness (QED) is 0.528. The van der Waals surface area contributed by atoms with Gasteiger partial charge in [0.05, 0.1) is 8.82 Å². The van der Waals surface area contributed by atoms with Gasteiger partial charge in [-0.15, -0.1) is 0 Å². The van der Waals surface area contributed by atoms with E-state index in [0.29, 0.717) is 36.3 Å². The molecule has 0 unspecified atom stereocenters. The molecule has 6 rings (SSSR count). The summed E-state index contributed by atoms with van der Waals surface area (Å²) in [4.78, 5) is 2.84. The van der Waals surface area contributed by atoms with Crippen molar-refractivity contribution >= 4 is 0 Å². The lowest BCUT2D eigenvalue weighted by atomic mass is 9.47. The second-order valence-electron chi connectivity index (χ2n) is 12.1. The first kappa shape index (κ1) is 13.9. The highest BCUT2D eigenvalue weighted by atomic mass is 16.3. The Balaban J connectivity index is 1.40. The number of allylic oxidation sites excluding steroid dienone is 1. The van der Waals surface area contributed by atoms with Crippen LogP contribution in [0, 0.1) is 46.3 Å². The van der Waals surface area contributed by atoms with Crippen molar-refractivity contribution in [3.05, 3.63) is 11.6 Å². The highest BCUT2D eigenvalue weighted by molar-refractivity contribution is 5.26. The van der Waals surface area contributed by atoms with E-state index in [1.54, 1.807) is 0 Å². The van der Waals surface area contributed by atoms with E-state index in [1.807, 2.05) is 6.92 Å². The molecule has 2 saturated heterocycles. The SMILES string of the molecule is [2H]C1=C2C([2H])([2H])[C@@]([2H])(O)C([2H])([2H])C[C@]2(C)[C@H]2CC[C@]3(C)[C@H]4[C@H](C)[C@H]5CC[C@H](C)CN5[C@H]4C[C@H]3[C@@H]2C1. The van der Waals surface area contributed by atoms with Crippen molar-refractivity contribution in [2.45, 2.75) is 104 Å². The van der Waals surface area contributed by atoms with Crippen molar-refractivity contribution in [2.75, 3.05) is 6.54 Å². The van der Waals surface area contributed by atoms with Gasteiger partial charge in [0.25, 0.3) is 0 Å². The van der Waals surface area contributed by atoms with Gasteiger partial charge in [-0.2, -0.15) is 0 Å². The summed E-state index contributed by atoms with van der Waals surface area (Å²) in [6.45, 7) is 10.5. The summed E-state index contributed by atoms with van der Waals surface area (Å²) in [6, 6.07) is 1.52. The molecule has 0 radical (unpaired) electrons. The lowest BCUT2D eigenvalue weighted by Gasteiger charge is -2.58. The van der Waals surface area contributed by atoms with Gasteiger partial charge in [-0.05, 0) is 104 Å². The Labute approximate surface area is 186 Å². The summed E-state index contributed by atoms with van der Waals surface area (Å²) in [7, 11) is 0. The predicted octanol–water partition coefficient (Wildman–Crippen LogP) is 5.66. The number of fused-ring (bicyclic) bond motifs is 9. The van der Waals surface area contributed by atoms with Gasteiger partial charge >= 0.3 is 0 Å². The molecule has 0 spiro atoms. The predicted molar refractivity (Wildman–Crippen MR) is 118 cm³/mol. The molecule has 4 aliphatic carbocycles. The Bertz CT molecular complexity index is 965. The summed E-state index contributed by atoms with van der Waals surface area (Å²) in [5, 5.41) is 10.8. The number of rotatable bonds is 0. The molecule has 0 bridgehead atoms. The van der Waals surface area contributed by atoms with Gasteiger partial charge in [0.1, 0.15) is 0 Å². The minimum Gasteiger partial charge on any atom is -0.393 e. The van der Waals surface area contributed by atoms with Gasteiger partial charge in [0, 0.05) is 24.1 Å². The highest BCUT2D eigenvalue weighted by Gasteiger charge is 2.66. The second kappa shape index (κ2) is 6.35. The smallest absolute Gasteiger partial charge is 0.0604 e. The zero-order valence-electron chi connectivity index (χ0n) is 24.7. The fourth-order valence-corrected chi connectivity index (χ4v) is 9.54. The number of nitrogens with zero attached hydrogens (tertiary/aromatic N) is 1. The fourth-order valence-electron chi connectivity index (χ4n) is 9.54. The summed E-state index contributed by atoms with van der Waals surface area (Å²) >= 11 is 0. The monoisotopic (exact) mass is 403 g/mol. The Morgan fingerprint density at radius 1 is 1.17 bits per heavy atom. The number of aliphatic hydroxyl groups is 1. The van der Waals surface area contributed by atoms with E-state index in [1.165, 1.54) is 19.4 Å². The third-order valence-corrected chi connectivity index (χ3v) is 10.8. The molecular formula is C27H43NO. The van der Waals surface area contributed by atoms with Gasteiger partial charge in [0.15, 0.2) is 0 Å². The molecule has 2 heterocycles. The molecule has 6 aliphatic rings. The van der Waals surface area contributed by atoms with E-state index in [-0.39, 0.29) is 35.3 Å². The second-order valence-corrected chi connectivity index (χ2v) is 12.1. The standard InChI is InChI=1S/C27H43NO/c1-16-5-8-23-17(2)25-24(28(23)15-16)14-22-20-7-6-18-13-19(29)9-11-26(18,3)21(20)10-12-27(22,25)4/h6,16-17,19-25,29H,5,7-15H2,1-4H3/t16-,17+,19-,20+,21-,22-,23+,24-,25-,26-,27-/m0/s1/i6D,9D2,13D2,19D. The zero-order valence-corrected chi connectivity index (χ0v) is 18.7. The van der Waals surface area contributed by atoms with Gasteiger partial charge in [-0.1, -0.05) is 39.3 Å². The third kappa shape index (κ3) is 2.48. The van der Waals surface area contributed by atoms with Crippen molar-refractivity contribution in [3.8, 4) is 0 Å². The molecular weight excluding hydrogens is 354 g/mol. The summed E-state index contributed by atoms with van der Waals surface area (Å²) in [6.07, 6.45) is -1.65. The van der Waals surface area contributed by atoms with E-state index >= 15 is 0 Å². The van der Waals surface area contributed by atoms with E-state index in [0.717, 1.165) is 25.2 Å². The van der Waals surface area contributed by atoms with Gasteiger partial charge in [0.2, 0.25) is 0 Å². The molecule has 0 amide bonds. The zero-order chi connectivity index (χ0) is 25.5. The van der Waals surface area contributed by atoms with Gasteiger partial charge in [-0.25, -0.2) is 0 Å². The van der Waals surface area contributed by atoms with Crippen molar-refractivity contribution in [2.24, 2.45) is 46.3 Å². The van der Waals surface area contributed by atoms with Crippen molar-refractivity contribution in [1.82, 2.24) is 4.90 Å². The maximum atomic E-state index is 10.8. The van der Waals surface area contributed by atoms with E-state index in [2.05, 4.69) is 25.7 Å². The fraction of sp³-hybridized carbons (Fsp3) is 0.926. The van der Waals surface area contributed by atoms with Crippen LogP contribution >= 0.6 is 0 Å². The minimum absolute atomic E-state index is 0.0865. The van der Waals surface area contributed by atoms with Gasteiger partial charge in [-0.3, -0.25) is 4.90 Å². The summed E-state index contributed by atoms with van der Waals surface area (Å²) in [5.41, 5.74) is -0.422. The van der Waals surface area contributed by atoms with E-state index in [9.17, 15) is 5.11 Å². The molecule has 3 saturated carbocycles. The van der Waals surface area contributed by atoms with Crippen molar-refractivity contribution in [1.29, 1.82) is 0 Å². The van der Waals surface area contributed by atoms with Crippen LogP contribution in [0.25, 0.3) is 0 Å². The van der Waals surface area contributed by atoms with Crippen LogP contribution in [-0.2, 0) is 0 Å². The Morgan fingerprint density at radius 3 is 2.83 bits per heavy atom. The average Bonchev–Trinajstić information content (AvgIpc) is 3.18. The Kier molecular flexibility index (Phi) is 3.05. The molecule has 11 atom stereocenters. The largest absolute Gasteiger partial charge is 0.393 e. The first-order valence-corrected chi connectivity index (χ1v) is 12.3. The normalized spacial score (nSPS) is 68.6. The maximum absolute atomic E-state index is 10.8. The van der Waals surface area contributed by atoms with Crippen LogP contribution in [0.15, 0.2) is 11.6 Å². The van der Waals surface area contributed by atoms with Crippen LogP contribution in [0.3, 0.4) is 0 Å². The van der Waals surface area contributed by atoms with Gasteiger partial charge < -0.3 is 5.11 Å². The molecule has 29 heavy (non-hydrogen) atoms. The summed E-state index contributed by atoms with van der Waals surface area (Å²) < 4.78 is 51.8. The van der Waals surface area contributed by atoms with E-state index < -0.39 is 24.2 Å². The minimum atomic E-state index is -2.89. The van der Waals surface area contributed by atoms with Crippen LogP contribution in [0.2, 0.25) is 0 Å². The van der Waals surface area contributed by atoms with Crippen LogP contribution in [0.5, 0.6) is 0 Å². The molecule has 0 aromatic carbocycles. The summed E-state index contributed by atoms with van der Waals surface area (Å²) in [5.74, 6) is 2.89. The number of hydrogen-bond acceptors (Lipinski definition) is 2. The molecule has 0 aromatic heterocycles. The highest BCUT2D eigenvalue weighted by Crippen LogP contribution is 2.69. The first-order chi connectivity index (χ1) is 16.1. The van der Waals surface area contributed by atoms with Crippen LogP contribution in [-0.4, -0.2) is 34.7 Å². The number of piperidine rings is 1. The molecule has 1 N–H and O–H groups in total. The topological polar surface area (TPSA) is 23.5 Å². The molecule has 2 nitrogen and oxygen atoms in total. The molecule has 2 aliphatic heterocycles. The maximum Gasteiger partial charge on any atom is 0.0604 e. The molecule has 162 valence electrons. The van der Waals surface area contributed by atoms with Crippen molar-refractivity contribution < 1.29 is 13.3 Å².